The molecule has 0 aromatic heterocycles. The molecule has 0 radical (unpaired) electrons. The number of piperidine rings is 1. The molecule has 1 aromatic carbocycles. The van der Waals surface area contributed by atoms with E-state index in [0.717, 1.165) is 32.4 Å². The first-order valence-electron chi connectivity index (χ1n) is 8.46. The fourth-order valence-electron chi connectivity index (χ4n) is 3.14. The molecule has 2 rings (SSSR count). The summed E-state index contributed by atoms with van der Waals surface area (Å²) in [6.45, 7) is 4.43. The molecule has 1 fully saturated rings. The number of ether oxygens (including phenoxy) is 1. The standard InChI is InChI=1S/C17H27N3O4S/c1-13(14-7-10-20(11-8-14)17(18)19-21)9-12-24-15-3-5-16(6-4-15)25(2,22)23/h3-6,13-14,21H,7-12H2,1-2H3,(H2,18,19). The molecule has 1 aromatic rings. The molecule has 0 spiro atoms. The van der Waals surface area contributed by atoms with Gasteiger partial charge in [0.1, 0.15) is 5.75 Å². The van der Waals surface area contributed by atoms with Crippen LogP contribution in [0.1, 0.15) is 26.2 Å². The summed E-state index contributed by atoms with van der Waals surface area (Å²) in [6.07, 6.45) is 4.15. The summed E-state index contributed by atoms with van der Waals surface area (Å²) in [7, 11) is -3.17. The summed E-state index contributed by atoms with van der Waals surface area (Å²) in [6, 6.07) is 6.51. The number of rotatable bonds is 6. The Labute approximate surface area is 149 Å². The van der Waals surface area contributed by atoms with Crippen LogP contribution in [0, 0.1) is 11.8 Å². The van der Waals surface area contributed by atoms with E-state index in [4.69, 9.17) is 15.7 Å². The molecule has 1 aliphatic rings. The highest BCUT2D eigenvalue weighted by molar-refractivity contribution is 7.90. The van der Waals surface area contributed by atoms with Crippen molar-refractivity contribution >= 4 is 15.8 Å². The third kappa shape index (κ3) is 5.52. The minimum absolute atomic E-state index is 0.187. The maximum atomic E-state index is 11.4. The molecule has 1 aliphatic heterocycles. The second kappa shape index (κ2) is 8.42. The first-order chi connectivity index (χ1) is 11.8. The zero-order valence-electron chi connectivity index (χ0n) is 14.8. The van der Waals surface area contributed by atoms with E-state index in [9.17, 15) is 8.42 Å². The number of nitrogens with two attached hydrogens (primary N) is 1. The molecule has 0 bridgehead atoms. The van der Waals surface area contributed by atoms with Gasteiger partial charge in [-0.05, 0) is 55.4 Å². The number of benzene rings is 1. The molecule has 0 saturated carbocycles. The molecule has 1 saturated heterocycles. The first kappa shape index (κ1) is 19.4. The van der Waals surface area contributed by atoms with Gasteiger partial charge in [-0.3, -0.25) is 0 Å². The van der Waals surface area contributed by atoms with Crippen molar-refractivity contribution in [2.24, 2.45) is 22.7 Å². The Morgan fingerprint density at radius 3 is 2.48 bits per heavy atom. The molecule has 0 aliphatic carbocycles. The molecule has 1 heterocycles. The van der Waals surface area contributed by atoms with Gasteiger partial charge in [0.2, 0.25) is 5.96 Å². The van der Waals surface area contributed by atoms with Crippen molar-refractivity contribution in [1.82, 2.24) is 4.90 Å². The lowest BCUT2D eigenvalue weighted by atomic mass is 9.84. The number of hydrogen-bond donors (Lipinski definition) is 2. The Morgan fingerprint density at radius 1 is 1.36 bits per heavy atom. The van der Waals surface area contributed by atoms with Crippen LogP contribution in [0.4, 0.5) is 0 Å². The summed E-state index contributed by atoms with van der Waals surface area (Å²) in [4.78, 5) is 2.19. The van der Waals surface area contributed by atoms with Crippen LogP contribution in [0.15, 0.2) is 34.3 Å². The number of sulfone groups is 1. The van der Waals surface area contributed by atoms with Crippen LogP contribution in [-0.4, -0.2) is 50.4 Å². The van der Waals surface area contributed by atoms with Crippen LogP contribution in [0.25, 0.3) is 0 Å². The molecule has 3 N–H and O–H groups in total. The topological polar surface area (TPSA) is 105 Å². The SMILES string of the molecule is CC(CCOc1ccc(S(C)(=O)=O)cc1)C1CCN(C(N)=NO)CC1. The summed E-state index contributed by atoms with van der Waals surface area (Å²) in [5.41, 5.74) is 5.62. The minimum Gasteiger partial charge on any atom is -0.494 e. The maximum Gasteiger partial charge on any atom is 0.233 e. The quantitative estimate of drug-likeness (QED) is 0.343. The summed E-state index contributed by atoms with van der Waals surface area (Å²) in [5, 5.41) is 11.8. The largest absolute Gasteiger partial charge is 0.494 e. The number of nitrogens with zero attached hydrogens (tertiary/aromatic N) is 2. The molecule has 25 heavy (non-hydrogen) atoms. The summed E-state index contributed by atoms with van der Waals surface area (Å²) in [5.74, 6) is 1.98. The van der Waals surface area contributed by atoms with Gasteiger partial charge < -0.3 is 20.6 Å². The first-order valence-corrected chi connectivity index (χ1v) is 10.4. The highest BCUT2D eigenvalue weighted by atomic mass is 32.2. The van der Waals surface area contributed by atoms with Crippen molar-refractivity contribution in [3.05, 3.63) is 24.3 Å². The predicted octanol–water partition coefficient (Wildman–Crippen LogP) is 1.91. The van der Waals surface area contributed by atoms with Gasteiger partial charge in [0, 0.05) is 19.3 Å². The third-order valence-corrected chi connectivity index (χ3v) is 5.99. The van der Waals surface area contributed by atoms with E-state index in [-0.39, 0.29) is 5.96 Å². The van der Waals surface area contributed by atoms with Gasteiger partial charge in [-0.25, -0.2) is 8.42 Å². The van der Waals surface area contributed by atoms with Gasteiger partial charge in [0.05, 0.1) is 11.5 Å². The normalized spacial score (nSPS) is 18.2. The van der Waals surface area contributed by atoms with Crippen LogP contribution >= 0.6 is 0 Å². The van der Waals surface area contributed by atoms with E-state index < -0.39 is 9.84 Å². The average molecular weight is 369 g/mol. The molecule has 140 valence electrons. The summed E-state index contributed by atoms with van der Waals surface area (Å²) >= 11 is 0. The average Bonchev–Trinajstić information content (AvgIpc) is 2.60. The van der Waals surface area contributed by atoms with Crippen LogP contribution in [0.3, 0.4) is 0 Å². The van der Waals surface area contributed by atoms with Crippen molar-refractivity contribution in [2.45, 2.75) is 31.1 Å². The molecule has 1 unspecified atom stereocenters. The molecule has 7 nitrogen and oxygen atoms in total. The minimum atomic E-state index is -3.17. The van der Waals surface area contributed by atoms with E-state index in [2.05, 4.69) is 12.1 Å². The third-order valence-electron chi connectivity index (χ3n) is 4.86. The second-order valence-corrected chi connectivity index (χ2v) is 8.66. The number of hydrogen-bond acceptors (Lipinski definition) is 5. The van der Waals surface area contributed by atoms with Gasteiger partial charge in [0.25, 0.3) is 0 Å². The molecule has 8 heteroatoms. The second-order valence-electron chi connectivity index (χ2n) is 6.64. The van der Waals surface area contributed by atoms with Crippen LogP contribution in [0.5, 0.6) is 5.75 Å². The monoisotopic (exact) mass is 369 g/mol. The van der Waals surface area contributed by atoms with Crippen molar-refractivity contribution in [3.8, 4) is 5.75 Å². The Morgan fingerprint density at radius 2 is 1.96 bits per heavy atom. The Kier molecular flexibility index (Phi) is 6.52. The van der Waals surface area contributed by atoms with Crippen LogP contribution in [0.2, 0.25) is 0 Å². The Balaban J connectivity index is 1.75. The van der Waals surface area contributed by atoms with Gasteiger partial charge in [-0.15, -0.1) is 0 Å². The smallest absolute Gasteiger partial charge is 0.233 e. The molecular formula is C17H27N3O4S. The Bertz CT molecular complexity index is 680. The van der Waals surface area contributed by atoms with Gasteiger partial charge in [-0.2, -0.15) is 0 Å². The predicted molar refractivity (Wildman–Crippen MR) is 96.5 cm³/mol. The number of oxime groups is 1. The lowest BCUT2D eigenvalue weighted by Gasteiger charge is -2.35. The molecular weight excluding hydrogens is 342 g/mol. The van der Waals surface area contributed by atoms with Gasteiger partial charge in [-0.1, -0.05) is 12.1 Å². The van der Waals surface area contributed by atoms with E-state index >= 15 is 0 Å². The number of guanidine groups is 1. The fourth-order valence-corrected chi connectivity index (χ4v) is 3.77. The van der Waals surface area contributed by atoms with E-state index in [1.54, 1.807) is 24.3 Å². The zero-order chi connectivity index (χ0) is 18.4. The Hall–Kier alpha value is -1.96. The van der Waals surface area contributed by atoms with Crippen molar-refractivity contribution in [2.75, 3.05) is 26.0 Å². The zero-order valence-corrected chi connectivity index (χ0v) is 15.6. The summed E-state index contributed by atoms with van der Waals surface area (Å²) < 4.78 is 28.6. The molecule has 1 atom stereocenters. The van der Waals surface area contributed by atoms with Crippen molar-refractivity contribution in [3.63, 3.8) is 0 Å². The van der Waals surface area contributed by atoms with Crippen LogP contribution in [-0.2, 0) is 9.84 Å². The van der Waals surface area contributed by atoms with Crippen molar-refractivity contribution in [1.29, 1.82) is 0 Å². The maximum absolute atomic E-state index is 11.4. The number of likely N-dealkylation sites (tertiary alicyclic amines) is 1. The van der Waals surface area contributed by atoms with E-state index in [1.807, 2.05) is 4.90 Å². The van der Waals surface area contributed by atoms with E-state index in [1.165, 1.54) is 6.26 Å². The molecule has 0 amide bonds. The van der Waals surface area contributed by atoms with Crippen molar-refractivity contribution < 1.29 is 18.4 Å². The van der Waals surface area contributed by atoms with Gasteiger partial charge in [0.15, 0.2) is 9.84 Å². The fraction of sp³-hybridized carbons (Fsp3) is 0.588. The highest BCUT2D eigenvalue weighted by Gasteiger charge is 2.24. The highest BCUT2D eigenvalue weighted by Crippen LogP contribution is 2.27. The lowest BCUT2D eigenvalue weighted by Crippen LogP contribution is -2.43. The lowest BCUT2D eigenvalue weighted by molar-refractivity contribution is 0.176. The van der Waals surface area contributed by atoms with E-state index in [0.29, 0.717) is 29.1 Å². The van der Waals surface area contributed by atoms with Crippen LogP contribution < -0.4 is 10.5 Å². The van der Waals surface area contributed by atoms with Gasteiger partial charge >= 0.3 is 0 Å².